The number of nitrogens with zero attached hydrogens (tertiary/aromatic N) is 2. The molecule has 1 fully saturated rings. The first-order valence-corrected chi connectivity index (χ1v) is 9.74. The largest absolute Gasteiger partial charge is 0.461 e. The van der Waals surface area contributed by atoms with Gasteiger partial charge in [0.2, 0.25) is 5.91 Å². The number of ether oxygens (including phenoxy) is 2. The predicted molar refractivity (Wildman–Crippen MR) is 109 cm³/mol. The minimum Gasteiger partial charge on any atom is -0.461 e. The van der Waals surface area contributed by atoms with Crippen molar-refractivity contribution in [2.45, 2.75) is 39.9 Å². The lowest BCUT2D eigenvalue weighted by Gasteiger charge is -2.34. The highest BCUT2D eigenvalue weighted by atomic mass is 16.5. The van der Waals surface area contributed by atoms with E-state index in [4.69, 9.17) is 9.47 Å². The Hall–Kier alpha value is -2.38. The third-order valence-corrected chi connectivity index (χ3v) is 4.95. The van der Waals surface area contributed by atoms with Gasteiger partial charge in [-0.3, -0.25) is 9.69 Å². The molecule has 3 rings (SSSR count). The molecule has 28 heavy (non-hydrogen) atoms. The van der Waals surface area contributed by atoms with Crippen LogP contribution in [0.5, 0.6) is 0 Å². The van der Waals surface area contributed by atoms with Gasteiger partial charge in [0, 0.05) is 25.5 Å². The van der Waals surface area contributed by atoms with Gasteiger partial charge in [-0.25, -0.2) is 4.79 Å². The quantitative estimate of drug-likeness (QED) is 0.799. The second-order valence-corrected chi connectivity index (χ2v) is 7.52. The summed E-state index contributed by atoms with van der Waals surface area (Å²) in [4.78, 5) is 27.5. The number of hydrogen-bond acceptors (Lipinski definition) is 5. The summed E-state index contributed by atoms with van der Waals surface area (Å²) in [5.74, 6) is -0.594. The minimum absolute atomic E-state index is 0.0897. The zero-order chi connectivity index (χ0) is 20.4. The lowest BCUT2D eigenvalue weighted by molar-refractivity contribution is -0.121. The number of carbonyl (C=O) groups is 2. The number of hydrogen-bond donors (Lipinski definition) is 1. The monoisotopic (exact) mass is 387 g/mol. The van der Waals surface area contributed by atoms with Crippen molar-refractivity contribution in [2.24, 2.45) is 7.05 Å². The van der Waals surface area contributed by atoms with Crippen LogP contribution in [0.3, 0.4) is 0 Å². The van der Waals surface area contributed by atoms with Crippen molar-refractivity contribution < 1.29 is 19.1 Å². The Labute approximate surface area is 165 Å². The number of benzene rings is 1. The molecule has 0 aliphatic carbocycles. The Balaban J connectivity index is 1.90. The smallest absolute Gasteiger partial charge is 0.357 e. The van der Waals surface area contributed by atoms with E-state index in [0.29, 0.717) is 24.5 Å². The number of nitrogens with one attached hydrogen (secondary N) is 1. The van der Waals surface area contributed by atoms with E-state index < -0.39 is 5.97 Å². The first kappa shape index (κ1) is 20.4. The van der Waals surface area contributed by atoms with Crippen molar-refractivity contribution >= 4 is 28.5 Å². The number of fused-ring (bicyclic) bond motifs is 1. The molecular formula is C21H29N3O4. The van der Waals surface area contributed by atoms with E-state index in [9.17, 15) is 9.59 Å². The Bertz CT molecular complexity index is 879. The van der Waals surface area contributed by atoms with Crippen LogP contribution in [0.25, 0.3) is 10.9 Å². The maximum atomic E-state index is 12.8. The summed E-state index contributed by atoms with van der Waals surface area (Å²) in [7, 11) is 1.81. The first-order valence-electron chi connectivity index (χ1n) is 9.74. The molecule has 0 radical (unpaired) electrons. The van der Waals surface area contributed by atoms with Gasteiger partial charge in [0.1, 0.15) is 0 Å². The summed E-state index contributed by atoms with van der Waals surface area (Å²) in [6.07, 6.45) is 0.179. The topological polar surface area (TPSA) is 72.8 Å². The van der Waals surface area contributed by atoms with Crippen LogP contribution in [0, 0.1) is 6.92 Å². The summed E-state index contributed by atoms with van der Waals surface area (Å²) in [6, 6.07) is 5.92. The van der Waals surface area contributed by atoms with Gasteiger partial charge >= 0.3 is 5.97 Å². The molecule has 2 aromatic rings. The van der Waals surface area contributed by atoms with Crippen LogP contribution < -0.4 is 5.32 Å². The average Bonchev–Trinajstić information content (AvgIpc) is 2.85. The molecule has 152 valence electrons. The average molecular weight is 387 g/mol. The van der Waals surface area contributed by atoms with Crippen molar-refractivity contribution in [1.29, 1.82) is 0 Å². The van der Waals surface area contributed by atoms with Crippen molar-refractivity contribution in [3.8, 4) is 0 Å². The van der Waals surface area contributed by atoms with Gasteiger partial charge in [0.15, 0.2) is 5.69 Å². The first-order chi connectivity index (χ1) is 13.3. The maximum Gasteiger partial charge on any atom is 0.357 e. The van der Waals surface area contributed by atoms with Crippen LogP contribution in [0.2, 0.25) is 0 Å². The molecule has 0 spiro atoms. The lowest BCUT2D eigenvalue weighted by Crippen LogP contribution is -2.48. The van der Waals surface area contributed by atoms with Gasteiger partial charge in [-0.1, -0.05) is 11.6 Å². The Morgan fingerprint density at radius 3 is 2.57 bits per heavy atom. The van der Waals surface area contributed by atoms with Crippen LogP contribution >= 0.6 is 0 Å². The van der Waals surface area contributed by atoms with Crippen LogP contribution in [0.1, 0.15) is 36.8 Å². The van der Waals surface area contributed by atoms with Gasteiger partial charge in [0.05, 0.1) is 36.6 Å². The molecule has 2 atom stereocenters. The van der Waals surface area contributed by atoms with Crippen LogP contribution in [-0.2, 0) is 21.3 Å². The van der Waals surface area contributed by atoms with Crippen molar-refractivity contribution in [3.05, 3.63) is 29.5 Å². The zero-order valence-corrected chi connectivity index (χ0v) is 17.2. The van der Waals surface area contributed by atoms with E-state index >= 15 is 0 Å². The molecule has 7 nitrogen and oxygen atoms in total. The Morgan fingerprint density at radius 1 is 1.25 bits per heavy atom. The highest BCUT2D eigenvalue weighted by Gasteiger charge is 2.27. The van der Waals surface area contributed by atoms with Gasteiger partial charge in [-0.05, 0) is 39.8 Å². The summed E-state index contributed by atoms with van der Waals surface area (Å²) < 4.78 is 12.7. The van der Waals surface area contributed by atoms with Crippen molar-refractivity contribution in [3.63, 3.8) is 0 Å². The molecule has 2 unspecified atom stereocenters. The number of aromatic nitrogens is 1. The molecule has 1 N–H and O–H groups in total. The minimum atomic E-state index is -0.442. The maximum absolute atomic E-state index is 12.8. The molecule has 0 bridgehead atoms. The highest BCUT2D eigenvalue weighted by molar-refractivity contribution is 6.11. The Kier molecular flexibility index (Phi) is 6.05. The lowest BCUT2D eigenvalue weighted by atomic mass is 10.1. The fourth-order valence-corrected chi connectivity index (χ4v) is 3.92. The summed E-state index contributed by atoms with van der Waals surface area (Å²) in [6.45, 7) is 9.70. The number of rotatable bonds is 5. The zero-order valence-electron chi connectivity index (χ0n) is 17.2. The fraction of sp³-hybridized carbons (Fsp3) is 0.524. The number of carbonyl (C=O) groups excluding carboxylic acids is 2. The summed E-state index contributed by atoms with van der Waals surface area (Å²) in [5.41, 5.74) is 2.80. The fourth-order valence-electron chi connectivity index (χ4n) is 3.92. The van der Waals surface area contributed by atoms with Gasteiger partial charge in [-0.15, -0.1) is 0 Å². The molecule has 1 aromatic heterocycles. The normalized spacial score (nSPS) is 20.3. The molecule has 1 aromatic carbocycles. The standard InChI is InChI=1S/C21H29N3O4/c1-6-27-21(26)20-19(16-9-13(2)7-8-17(16)23(20)5)22-18(25)12-24-10-14(3)28-15(4)11-24/h7-9,14-15H,6,10-12H2,1-5H3,(H,22,25). The molecular weight excluding hydrogens is 358 g/mol. The van der Waals surface area contributed by atoms with Crippen LogP contribution in [-0.4, -0.2) is 59.8 Å². The van der Waals surface area contributed by atoms with E-state index in [1.807, 2.05) is 46.0 Å². The van der Waals surface area contributed by atoms with Crippen molar-refractivity contribution in [2.75, 3.05) is 31.6 Å². The number of amides is 1. The number of esters is 1. The van der Waals surface area contributed by atoms with E-state index in [1.54, 1.807) is 11.5 Å². The van der Waals surface area contributed by atoms with E-state index in [2.05, 4.69) is 10.2 Å². The molecule has 1 saturated heterocycles. The predicted octanol–water partition coefficient (Wildman–Crippen LogP) is 2.71. The Morgan fingerprint density at radius 2 is 1.93 bits per heavy atom. The van der Waals surface area contributed by atoms with Gasteiger partial charge < -0.3 is 19.4 Å². The summed E-state index contributed by atoms with van der Waals surface area (Å²) >= 11 is 0. The third-order valence-electron chi connectivity index (χ3n) is 4.95. The number of aryl methyl sites for hydroxylation is 2. The molecule has 0 saturated carbocycles. The van der Waals surface area contributed by atoms with E-state index in [1.165, 1.54) is 0 Å². The van der Waals surface area contributed by atoms with E-state index in [-0.39, 0.29) is 31.3 Å². The second kappa shape index (κ2) is 8.32. The van der Waals surface area contributed by atoms with Crippen LogP contribution in [0.15, 0.2) is 18.2 Å². The number of anilines is 1. The van der Waals surface area contributed by atoms with Gasteiger partial charge in [0.25, 0.3) is 0 Å². The highest BCUT2D eigenvalue weighted by Crippen LogP contribution is 2.32. The SMILES string of the molecule is CCOC(=O)c1c(NC(=O)CN2CC(C)OC(C)C2)c2cc(C)ccc2n1C. The van der Waals surface area contributed by atoms with E-state index in [0.717, 1.165) is 16.5 Å². The summed E-state index contributed by atoms with van der Waals surface area (Å²) in [5, 5.41) is 3.81. The molecule has 2 heterocycles. The second-order valence-electron chi connectivity index (χ2n) is 7.52. The molecule has 1 aliphatic rings. The third kappa shape index (κ3) is 4.20. The molecule has 1 aliphatic heterocycles. The molecule has 7 heteroatoms. The van der Waals surface area contributed by atoms with Gasteiger partial charge in [-0.2, -0.15) is 0 Å². The van der Waals surface area contributed by atoms with Crippen molar-refractivity contribution in [1.82, 2.24) is 9.47 Å². The number of morpholine rings is 1. The molecule has 1 amide bonds. The van der Waals surface area contributed by atoms with Crippen LogP contribution in [0.4, 0.5) is 5.69 Å².